The first-order valence-corrected chi connectivity index (χ1v) is 5.53. The van der Waals surface area contributed by atoms with Gasteiger partial charge in [0.25, 0.3) is 0 Å². The summed E-state index contributed by atoms with van der Waals surface area (Å²) in [4.78, 5) is 17.8. The summed E-state index contributed by atoms with van der Waals surface area (Å²) in [6, 6.07) is 0. The fourth-order valence-electron chi connectivity index (χ4n) is 1.28. The summed E-state index contributed by atoms with van der Waals surface area (Å²) >= 11 is 7.16. The second-order valence-electron chi connectivity index (χ2n) is 3.18. The molecule has 1 aromatic heterocycles. The zero-order valence-electron chi connectivity index (χ0n) is 8.07. The van der Waals surface area contributed by atoms with Gasteiger partial charge in [0.1, 0.15) is 6.61 Å². The molecule has 0 spiro atoms. The van der Waals surface area contributed by atoms with Crippen molar-refractivity contribution in [2.45, 2.75) is 6.54 Å². The minimum absolute atomic E-state index is 0.279. The van der Waals surface area contributed by atoms with Crippen molar-refractivity contribution >= 4 is 28.9 Å². The summed E-state index contributed by atoms with van der Waals surface area (Å²) < 4.78 is 5.35. The number of thiazole rings is 1. The van der Waals surface area contributed by atoms with Gasteiger partial charge in [0, 0.05) is 24.2 Å². The van der Waals surface area contributed by atoms with Gasteiger partial charge in [-0.05, 0) is 0 Å². The van der Waals surface area contributed by atoms with E-state index in [1.54, 1.807) is 6.20 Å². The smallest absolute Gasteiger partial charge is 0.333 e. The number of hydrogen-bond donors (Lipinski definition) is 0. The van der Waals surface area contributed by atoms with E-state index in [1.165, 1.54) is 17.4 Å². The van der Waals surface area contributed by atoms with Crippen LogP contribution in [0.4, 0.5) is 0 Å². The molecule has 80 valence electrons. The molecule has 0 saturated carbocycles. The first-order chi connectivity index (χ1) is 7.15. The molecule has 6 heteroatoms. The van der Waals surface area contributed by atoms with Crippen molar-refractivity contribution in [2.24, 2.45) is 0 Å². The molecule has 2 heterocycles. The third-order valence-corrected chi connectivity index (χ3v) is 3.16. The van der Waals surface area contributed by atoms with Gasteiger partial charge in [-0.25, -0.2) is 9.78 Å². The average molecular weight is 245 g/mol. The van der Waals surface area contributed by atoms with Gasteiger partial charge < -0.3 is 9.64 Å². The number of halogens is 1. The van der Waals surface area contributed by atoms with Gasteiger partial charge >= 0.3 is 5.97 Å². The second-order valence-corrected chi connectivity index (χ2v) is 4.88. The van der Waals surface area contributed by atoms with Crippen LogP contribution in [0.15, 0.2) is 18.0 Å². The zero-order valence-corrected chi connectivity index (χ0v) is 9.64. The largest absolute Gasteiger partial charge is 0.456 e. The van der Waals surface area contributed by atoms with Gasteiger partial charge in [-0.1, -0.05) is 11.6 Å². The molecular formula is C9H9ClN2O2S. The molecule has 0 atom stereocenters. The molecule has 1 aliphatic rings. The number of rotatable bonds is 3. The Morgan fingerprint density at radius 2 is 2.53 bits per heavy atom. The van der Waals surface area contributed by atoms with Crippen LogP contribution in [0.25, 0.3) is 0 Å². The van der Waals surface area contributed by atoms with E-state index in [9.17, 15) is 4.79 Å². The van der Waals surface area contributed by atoms with Crippen molar-refractivity contribution in [1.82, 2.24) is 9.88 Å². The summed E-state index contributed by atoms with van der Waals surface area (Å²) in [5.41, 5.74) is 0.879. The number of carbonyl (C=O) groups is 1. The van der Waals surface area contributed by atoms with Crippen LogP contribution in [0, 0.1) is 0 Å². The molecule has 0 N–H and O–H groups in total. The quantitative estimate of drug-likeness (QED) is 0.759. The molecule has 0 aliphatic carbocycles. The topological polar surface area (TPSA) is 42.4 Å². The lowest BCUT2D eigenvalue weighted by molar-refractivity contribution is -0.135. The number of hydrogen-bond acceptors (Lipinski definition) is 5. The Bertz CT molecular complexity index is 416. The molecule has 0 aromatic carbocycles. The standard InChI is InChI=1S/C9H9ClN2O2S/c1-12(6-2-8(13)14-5-6)4-7-3-11-9(10)15-7/h2-3H,4-5H2,1H3. The maximum Gasteiger partial charge on any atom is 0.333 e. The fourth-order valence-corrected chi connectivity index (χ4v) is 2.31. The van der Waals surface area contributed by atoms with Crippen molar-refractivity contribution in [3.63, 3.8) is 0 Å². The summed E-state index contributed by atoms with van der Waals surface area (Å²) in [7, 11) is 1.90. The molecule has 0 saturated heterocycles. The van der Waals surface area contributed by atoms with E-state index in [0.29, 0.717) is 17.6 Å². The number of carbonyl (C=O) groups excluding carboxylic acids is 1. The highest BCUT2D eigenvalue weighted by Gasteiger charge is 2.16. The maximum atomic E-state index is 10.9. The summed E-state index contributed by atoms with van der Waals surface area (Å²) in [6.07, 6.45) is 3.24. The van der Waals surface area contributed by atoms with E-state index in [0.717, 1.165) is 10.6 Å². The highest BCUT2D eigenvalue weighted by Crippen LogP contribution is 2.21. The molecule has 0 fully saturated rings. The van der Waals surface area contributed by atoms with Crippen LogP contribution in [-0.2, 0) is 16.1 Å². The first-order valence-electron chi connectivity index (χ1n) is 4.34. The van der Waals surface area contributed by atoms with Gasteiger partial charge in [0.05, 0.1) is 12.2 Å². The minimum Gasteiger partial charge on any atom is -0.456 e. The van der Waals surface area contributed by atoms with Gasteiger partial charge in [-0.15, -0.1) is 11.3 Å². The van der Waals surface area contributed by atoms with E-state index in [1.807, 2.05) is 11.9 Å². The van der Waals surface area contributed by atoms with E-state index < -0.39 is 0 Å². The Morgan fingerprint density at radius 1 is 1.73 bits per heavy atom. The lowest BCUT2D eigenvalue weighted by Gasteiger charge is -2.17. The maximum absolute atomic E-state index is 10.9. The third-order valence-electron chi connectivity index (χ3n) is 2.06. The summed E-state index contributed by atoms with van der Waals surface area (Å²) in [5.74, 6) is -0.279. The van der Waals surface area contributed by atoms with Crippen molar-refractivity contribution in [1.29, 1.82) is 0 Å². The monoisotopic (exact) mass is 244 g/mol. The molecule has 4 nitrogen and oxygen atoms in total. The first kappa shape index (κ1) is 10.4. The Morgan fingerprint density at radius 3 is 3.07 bits per heavy atom. The second kappa shape index (κ2) is 4.20. The number of cyclic esters (lactones) is 1. The van der Waals surface area contributed by atoms with Crippen LogP contribution in [0.1, 0.15) is 4.88 Å². The highest BCUT2D eigenvalue weighted by atomic mass is 35.5. The van der Waals surface area contributed by atoms with Crippen molar-refractivity contribution in [3.05, 3.63) is 27.3 Å². The average Bonchev–Trinajstić information content (AvgIpc) is 2.75. The Labute approximate surface area is 96.1 Å². The Balaban J connectivity index is 2.01. The summed E-state index contributed by atoms with van der Waals surface area (Å²) in [5, 5.41) is 0. The predicted molar refractivity (Wildman–Crippen MR) is 57.6 cm³/mol. The molecule has 0 bridgehead atoms. The predicted octanol–water partition coefficient (Wildman–Crippen LogP) is 1.67. The van der Waals surface area contributed by atoms with Crippen molar-refractivity contribution < 1.29 is 9.53 Å². The number of likely N-dealkylation sites (N-methyl/N-ethyl adjacent to an activating group) is 1. The molecular weight excluding hydrogens is 236 g/mol. The van der Waals surface area contributed by atoms with Crippen LogP contribution >= 0.6 is 22.9 Å². The van der Waals surface area contributed by atoms with Crippen molar-refractivity contribution in [3.8, 4) is 0 Å². The fraction of sp³-hybridized carbons (Fsp3) is 0.333. The van der Waals surface area contributed by atoms with Crippen LogP contribution in [0.3, 0.4) is 0 Å². The lowest BCUT2D eigenvalue weighted by Crippen LogP contribution is -2.17. The third kappa shape index (κ3) is 2.49. The van der Waals surface area contributed by atoms with E-state index in [-0.39, 0.29) is 5.97 Å². The number of ether oxygens (including phenoxy) is 1. The van der Waals surface area contributed by atoms with Crippen molar-refractivity contribution in [2.75, 3.05) is 13.7 Å². The molecule has 0 unspecified atom stereocenters. The van der Waals surface area contributed by atoms with Crippen LogP contribution < -0.4 is 0 Å². The van der Waals surface area contributed by atoms with E-state index in [2.05, 4.69) is 4.98 Å². The van der Waals surface area contributed by atoms with Gasteiger partial charge in [0.2, 0.25) is 0 Å². The van der Waals surface area contributed by atoms with Crippen LogP contribution in [-0.4, -0.2) is 29.5 Å². The number of aromatic nitrogens is 1. The molecule has 1 aliphatic heterocycles. The van der Waals surface area contributed by atoms with Gasteiger partial charge in [-0.2, -0.15) is 0 Å². The lowest BCUT2D eigenvalue weighted by atomic mass is 10.4. The molecule has 0 radical (unpaired) electrons. The van der Waals surface area contributed by atoms with Crippen LogP contribution in [0.5, 0.6) is 0 Å². The molecule has 1 aromatic rings. The molecule has 15 heavy (non-hydrogen) atoms. The summed E-state index contributed by atoms with van der Waals surface area (Å²) in [6.45, 7) is 1.04. The highest BCUT2D eigenvalue weighted by molar-refractivity contribution is 7.15. The SMILES string of the molecule is CN(Cc1cnc(Cl)s1)C1=CC(=O)OC1. The van der Waals surface area contributed by atoms with E-state index >= 15 is 0 Å². The number of esters is 1. The molecule has 0 amide bonds. The zero-order chi connectivity index (χ0) is 10.8. The Kier molecular flexibility index (Phi) is 2.93. The molecule has 2 rings (SSSR count). The van der Waals surface area contributed by atoms with Crippen LogP contribution in [0.2, 0.25) is 4.47 Å². The normalized spacial score (nSPS) is 15.1. The minimum atomic E-state index is -0.279. The number of nitrogens with zero attached hydrogens (tertiary/aromatic N) is 2. The Hall–Kier alpha value is -1.07. The van der Waals surface area contributed by atoms with Gasteiger partial charge in [0.15, 0.2) is 4.47 Å². The van der Waals surface area contributed by atoms with E-state index in [4.69, 9.17) is 16.3 Å². The van der Waals surface area contributed by atoms with Gasteiger partial charge in [-0.3, -0.25) is 0 Å².